The first-order valence-electron chi connectivity index (χ1n) is 13.7. The number of phosphoric ester groups is 1. The van der Waals surface area contributed by atoms with Crippen LogP contribution in [0, 0.1) is 12.3 Å². The van der Waals surface area contributed by atoms with Crippen molar-refractivity contribution in [3.05, 3.63) is 58.3 Å². The van der Waals surface area contributed by atoms with E-state index in [4.69, 9.17) is 49.5 Å². The molecule has 0 spiro atoms. The lowest BCUT2D eigenvalue weighted by Gasteiger charge is -2.24. The second kappa shape index (κ2) is 25.9. The molecule has 1 fully saturated rings. The fraction of sp³-hybridized carbons (Fsp3) is 0.692. The zero-order chi connectivity index (χ0) is 34.9. The van der Waals surface area contributed by atoms with E-state index in [-0.39, 0.29) is 39.5 Å². The molecule has 9 N–H and O–H groups in total. The molecule has 1 saturated heterocycles. The molecule has 264 valence electrons. The number of H-pyrrole nitrogens is 1. The second-order valence-corrected chi connectivity index (χ2v) is 10.4. The average molecular weight is 677 g/mol. The molecule has 0 aliphatic carbocycles. The van der Waals surface area contributed by atoms with E-state index in [0.29, 0.717) is 38.4 Å². The predicted molar refractivity (Wildman–Crippen MR) is 160 cm³/mol. The van der Waals surface area contributed by atoms with Gasteiger partial charge in [0.1, 0.15) is 12.3 Å². The van der Waals surface area contributed by atoms with Crippen molar-refractivity contribution >= 4 is 7.82 Å². The molecule has 1 aliphatic heterocycles. The predicted octanol–water partition coefficient (Wildman–Crippen LogP) is -1.74. The number of nitrogens with zero attached hydrogens (tertiary/aromatic N) is 1. The molecule has 0 aromatic carbocycles. The van der Waals surface area contributed by atoms with Gasteiger partial charge in [0.15, 0.2) is 0 Å². The van der Waals surface area contributed by atoms with Crippen LogP contribution in [0.2, 0.25) is 0 Å². The summed E-state index contributed by atoms with van der Waals surface area (Å²) >= 11 is 0. The third-order valence-electron chi connectivity index (χ3n) is 5.86. The normalized spacial score (nSPS) is 17.5. The molecule has 18 nitrogen and oxygen atoms in total. The summed E-state index contributed by atoms with van der Waals surface area (Å²) in [6.45, 7) is 10.6. The third-order valence-corrected chi connectivity index (χ3v) is 6.34. The van der Waals surface area contributed by atoms with Crippen LogP contribution in [0.1, 0.15) is 31.6 Å². The number of aliphatic hydroxyl groups is 6. The Morgan fingerprint density at radius 2 is 1.53 bits per heavy atom. The van der Waals surface area contributed by atoms with E-state index < -0.39 is 49.5 Å². The molecule has 0 unspecified atom stereocenters. The maximum Gasteiger partial charge on any atom is 0.469 e. The van der Waals surface area contributed by atoms with Crippen LogP contribution in [-0.4, -0.2) is 128 Å². The molecule has 19 heteroatoms. The van der Waals surface area contributed by atoms with E-state index in [1.165, 1.54) is 25.6 Å². The van der Waals surface area contributed by atoms with Gasteiger partial charge in [0.05, 0.1) is 84.7 Å². The highest BCUT2D eigenvalue weighted by Gasteiger charge is 2.37. The van der Waals surface area contributed by atoms with Crippen molar-refractivity contribution in [1.82, 2.24) is 9.55 Å². The first kappa shape index (κ1) is 44.8. The SMILES string of the molecule is C=COC=C.CCC(CO)(CO)CO.Cc1cn([C@H]2C[C@H](O)[C@@H](COP(=O)(O)O)O2)c(=O)[nH]c1=O.OCCOCCOCCO. The van der Waals surface area contributed by atoms with Crippen LogP contribution in [0.4, 0.5) is 0 Å². The highest BCUT2D eigenvalue weighted by atomic mass is 31.2. The molecule has 45 heavy (non-hydrogen) atoms. The van der Waals surface area contributed by atoms with Gasteiger partial charge in [0.25, 0.3) is 5.56 Å². The second-order valence-electron chi connectivity index (χ2n) is 9.17. The first-order chi connectivity index (χ1) is 21.2. The van der Waals surface area contributed by atoms with Gasteiger partial charge in [-0.15, -0.1) is 0 Å². The Bertz CT molecular complexity index is 1040. The van der Waals surface area contributed by atoms with Gasteiger partial charge in [-0.25, -0.2) is 9.36 Å². The molecule has 0 saturated carbocycles. The van der Waals surface area contributed by atoms with Crippen molar-refractivity contribution in [2.45, 2.75) is 45.1 Å². The van der Waals surface area contributed by atoms with Crippen LogP contribution in [0.5, 0.6) is 0 Å². The summed E-state index contributed by atoms with van der Waals surface area (Å²) in [4.78, 5) is 42.3. The van der Waals surface area contributed by atoms with Crippen molar-refractivity contribution in [2.75, 3.05) is 66.1 Å². The number of ether oxygens (including phenoxy) is 4. The largest absolute Gasteiger partial charge is 0.474 e. The zero-order valence-electron chi connectivity index (χ0n) is 25.6. The summed E-state index contributed by atoms with van der Waals surface area (Å²) in [7, 11) is -4.67. The van der Waals surface area contributed by atoms with E-state index in [2.05, 4.69) is 27.4 Å². The number of aromatic nitrogens is 2. The number of rotatable bonds is 17. The molecule has 1 aliphatic rings. The monoisotopic (exact) mass is 676 g/mol. The van der Waals surface area contributed by atoms with Gasteiger partial charge in [-0.05, 0) is 13.3 Å². The van der Waals surface area contributed by atoms with Crippen molar-refractivity contribution in [1.29, 1.82) is 0 Å². The van der Waals surface area contributed by atoms with Crippen LogP contribution in [0.25, 0.3) is 0 Å². The van der Waals surface area contributed by atoms with Crippen molar-refractivity contribution in [3.63, 3.8) is 0 Å². The summed E-state index contributed by atoms with van der Waals surface area (Å²) in [5.74, 6) is 0. The Morgan fingerprint density at radius 1 is 1.02 bits per heavy atom. The molecular weight excluding hydrogens is 627 g/mol. The topological polar surface area (TPSA) is 280 Å². The van der Waals surface area contributed by atoms with E-state index >= 15 is 0 Å². The molecule has 1 aromatic heterocycles. The van der Waals surface area contributed by atoms with E-state index in [1.54, 1.807) is 0 Å². The quantitative estimate of drug-likeness (QED) is 0.0503. The highest BCUT2D eigenvalue weighted by molar-refractivity contribution is 7.46. The summed E-state index contributed by atoms with van der Waals surface area (Å²) < 4.78 is 35.5. The summed E-state index contributed by atoms with van der Waals surface area (Å²) in [5.41, 5.74) is -1.59. The van der Waals surface area contributed by atoms with Gasteiger partial charge in [0, 0.05) is 23.6 Å². The lowest BCUT2D eigenvalue weighted by Crippen LogP contribution is -2.33. The van der Waals surface area contributed by atoms with Crippen molar-refractivity contribution in [2.24, 2.45) is 5.41 Å². The minimum absolute atomic E-state index is 0.0283. The third kappa shape index (κ3) is 20.5. The van der Waals surface area contributed by atoms with Crippen LogP contribution in [-0.2, 0) is 28.0 Å². The standard InChI is InChI=1S/C10H15N2O8P.C6H14O4.C6H14O3.C4H6O/c1-5-3-12(10(15)11-9(5)14)8-2-6(13)7(20-8)4-19-21(16,17)18;7-1-3-9-5-6-10-4-2-8;1-2-6(3-7,4-8)5-9;1-3-5-4-2/h3,6-8,13H,2,4H2,1H3,(H,11,14,15)(H2,16,17,18);7-8H,1-6H2;7-9H,2-5H2,1H3;3-4H,1-2H2/t6-,7+,8+;;;/m0.../s1. The van der Waals surface area contributed by atoms with E-state index in [9.17, 15) is 19.3 Å². The number of aromatic amines is 1. The van der Waals surface area contributed by atoms with Crippen LogP contribution in [0.3, 0.4) is 0 Å². The first-order valence-corrected chi connectivity index (χ1v) is 15.2. The lowest BCUT2D eigenvalue weighted by molar-refractivity contribution is -0.0451. The molecule has 0 amide bonds. The molecule has 1 aromatic rings. The number of nitrogens with one attached hydrogen (secondary N) is 1. The van der Waals surface area contributed by atoms with Gasteiger partial charge in [-0.3, -0.25) is 18.9 Å². The Hall–Kier alpha value is -2.29. The Labute approximate surface area is 261 Å². The lowest BCUT2D eigenvalue weighted by atomic mass is 9.88. The van der Waals surface area contributed by atoms with Gasteiger partial charge < -0.3 is 59.4 Å². The fourth-order valence-corrected chi connectivity index (χ4v) is 3.35. The van der Waals surface area contributed by atoms with Crippen molar-refractivity contribution < 1.29 is 68.5 Å². The summed E-state index contributed by atoms with van der Waals surface area (Å²) in [5, 5.41) is 52.3. The Kier molecular flexibility index (Phi) is 25.8. The minimum Gasteiger partial charge on any atom is -0.474 e. The Morgan fingerprint density at radius 3 is 1.89 bits per heavy atom. The molecule has 0 radical (unpaired) electrons. The van der Waals surface area contributed by atoms with E-state index in [0.717, 1.165) is 4.57 Å². The van der Waals surface area contributed by atoms with E-state index in [1.807, 2.05) is 6.92 Å². The average Bonchev–Trinajstić information content (AvgIpc) is 3.38. The summed E-state index contributed by atoms with van der Waals surface area (Å²) in [6, 6.07) is 0. The molecule has 2 heterocycles. The highest BCUT2D eigenvalue weighted by Crippen LogP contribution is 2.38. The Balaban J connectivity index is 0. The van der Waals surface area contributed by atoms with Gasteiger partial charge >= 0.3 is 13.5 Å². The number of aryl methyl sites for hydroxylation is 1. The fourth-order valence-electron chi connectivity index (χ4n) is 3.01. The van der Waals surface area contributed by atoms with Gasteiger partial charge in [-0.1, -0.05) is 20.1 Å². The smallest absolute Gasteiger partial charge is 0.469 e. The molecule has 3 atom stereocenters. The number of hydrogen-bond donors (Lipinski definition) is 9. The number of aliphatic hydroxyl groups excluding tert-OH is 6. The van der Waals surface area contributed by atoms with Crippen molar-refractivity contribution in [3.8, 4) is 0 Å². The number of phosphoric acid groups is 1. The zero-order valence-corrected chi connectivity index (χ0v) is 26.5. The van der Waals surface area contributed by atoms with Gasteiger partial charge in [-0.2, -0.15) is 0 Å². The summed E-state index contributed by atoms with van der Waals surface area (Å²) in [6.07, 6.45) is 1.65. The van der Waals surface area contributed by atoms with Gasteiger partial charge in [0.2, 0.25) is 0 Å². The van der Waals surface area contributed by atoms with Crippen LogP contribution >= 0.6 is 7.82 Å². The number of hydrogen-bond acceptors (Lipinski definition) is 14. The molecule has 0 bridgehead atoms. The minimum atomic E-state index is -4.67. The molecular formula is C26H49N2O16P. The maximum atomic E-state index is 11.7. The maximum absolute atomic E-state index is 11.7. The molecule has 2 rings (SSSR count). The van der Waals surface area contributed by atoms with Crippen LogP contribution < -0.4 is 11.2 Å². The van der Waals surface area contributed by atoms with Crippen LogP contribution in [0.15, 0.2) is 41.5 Å².